The van der Waals surface area contributed by atoms with Crippen LogP contribution in [0.1, 0.15) is 38.7 Å². The number of para-hydroxylation sites is 1. The fraction of sp³-hybridized carbons (Fsp3) is 0.647. The average Bonchev–Trinajstić information content (AvgIpc) is 2.87. The van der Waals surface area contributed by atoms with E-state index in [1.54, 1.807) is 0 Å². The minimum atomic E-state index is 0.207. The van der Waals surface area contributed by atoms with Crippen LogP contribution >= 0.6 is 0 Å². The maximum absolute atomic E-state index is 6.24. The summed E-state index contributed by atoms with van der Waals surface area (Å²) in [4.78, 5) is 2.63. The summed E-state index contributed by atoms with van der Waals surface area (Å²) >= 11 is 0. The first kappa shape index (κ1) is 13.0. The number of benzene rings is 1. The molecule has 1 saturated carbocycles. The molecular weight excluding hydrogens is 232 g/mol. The summed E-state index contributed by atoms with van der Waals surface area (Å²) in [5, 5.41) is 0. The summed E-state index contributed by atoms with van der Waals surface area (Å²) in [6.07, 6.45) is 5.00. The maximum Gasteiger partial charge on any atom is 0.0527 e. The van der Waals surface area contributed by atoms with Crippen LogP contribution in [0, 0.1) is 11.8 Å². The lowest BCUT2D eigenvalue weighted by molar-refractivity contribution is 0.173. The second-order valence-corrected chi connectivity index (χ2v) is 6.66. The normalized spacial score (nSPS) is 34.4. The highest BCUT2D eigenvalue weighted by atomic mass is 15.2. The van der Waals surface area contributed by atoms with Gasteiger partial charge in [-0.2, -0.15) is 0 Å². The second-order valence-electron chi connectivity index (χ2n) is 6.66. The van der Waals surface area contributed by atoms with E-state index in [0.29, 0.717) is 0 Å². The molecule has 2 aliphatic rings. The average molecular weight is 258 g/mol. The smallest absolute Gasteiger partial charge is 0.0527 e. The Balaban J connectivity index is 1.92. The third-order valence-electron chi connectivity index (χ3n) is 5.58. The van der Waals surface area contributed by atoms with Crippen LogP contribution in [0.5, 0.6) is 0 Å². The van der Waals surface area contributed by atoms with Gasteiger partial charge in [0, 0.05) is 18.8 Å². The number of anilines is 1. The Morgan fingerprint density at radius 2 is 2.05 bits per heavy atom. The zero-order valence-electron chi connectivity index (χ0n) is 12.2. The summed E-state index contributed by atoms with van der Waals surface area (Å²) in [6.45, 7) is 6.73. The Bertz CT molecular complexity index is 456. The van der Waals surface area contributed by atoms with Crippen molar-refractivity contribution in [1.82, 2.24) is 0 Å². The van der Waals surface area contributed by atoms with E-state index in [0.717, 1.165) is 24.9 Å². The summed E-state index contributed by atoms with van der Waals surface area (Å²) in [5.41, 5.74) is 9.39. The number of fused-ring (bicyclic) bond motifs is 1. The van der Waals surface area contributed by atoms with Crippen molar-refractivity contribution < 1.29 is 0 Å². The van der Waals surface area contributed by atoms with Crippen molar-refractivity contribution in [3.63, 3.8) is 0 Å². The molecule has 1 fully saturated rings. The number of hydrogen-bond donors (Lipinski definition) is 1. The van der Waals surface area contributed by atoms with Crippen LogP contribution in [-0.4, -0.2) is 18.6 Å². The third kappa shape index (κ3) is 2.06. The molecule has 0 spiro atoms. The van der Waals surface area contributed by atoms with Crippen molar-refractivity contribution in [3.8, 4) is 0 Å². The molecule has 1 aromatic rings. The highest BCUT2D eigenvalue weighted by Crippen LogP contribution is 2.44. The molecule has 3 rings (SSSR count). The number of nitrogens with two attached hydrogens (primary N) is 1. The van der Waals surface area contributed by atoms with Crippen LogP contribution in [0.3, 0.4) is 0 Å². The van der Waals surface area contributed by atoms with Gasteiger partial charge in [0.25, 0.3) is 0 Å². The largest absolute Gasteiger partial charge is 0.364 e. The minimum absolute atomic E-state index is 0.207. The molecule has 19 heavy (non-hydrogen) atoms. The molecule has 0 saturated heterocycles. The fourth-order valence-corrected chi connectivity index (χ4v) is 4.06. The summed E-state index contributed by atoms with van der Waals surface area (Å²) < 4.78 is 0. The summed E-state index contributed by atoms with van der Waals surface area (Å²) in [7, 11) is 0. The molecule has 2 nitrogen and oxygen atoms in total. The van der Waals surface area contributed by atoms with Crippen molar-refractivity contribution in [2.24, 2.45) is 17.6 Å². The van der Waals surface area contributed by atoms with Gasteiger partial charge in [-0.1, -0.05) is 32.0 Å². The molecule has 3 atom stereocenters. The van der Waals surface area contributed by atoms with Crippen LogP contribution < -0.4 is 10.6 Å². The van der Waals surface area contributed by atoms with Crippen molar-refractivity contribution in [1.29, 1.82) is 0 Å². The number of rotatable bonds is 2. The van der Waals surface area contributed by atoms with Gasteiger partial charge in [-0.3, -0.25) is 0 Å². The van der Waals surface area contributed by atoms with Crippen LogP contribution in [0.4, 0.5) is 5.69 Å². The molecule has 104 valence electrons. The Hall–Kier alpha value is -1.02. The molecule has 3 unspecified atom stereocenters. The van der Waals surface area contributed by atoms with Crippen molar-refractivity contribution in [3.05, 3.63) is 29.8 Å². The lowest BCUT2D eigenvalue weighted by Crippen LogP contribution is -2.57. The lowest BCUT2D eigenvalue weighted by atomic mass is 9.70. The first-order valence-electron chi connectivity index (χ1n) is 7.72. The quantitative estimate of drug-likeness (QED) is 0.882. The number of nitrogens with zero attached hydrogens (tertiary/aromatic N) is 1. The molecule has 0 aromatic heterocycles. The Labute approximate surface area is 117 Å². The highest BCUT2D eigenvalue weighted by Gasteiger charge is 2.43. The van der Waals surface area contributed by atoms with Gasteiger partial charge in [0.1, 0.15) is 0 Å². The summed E-state index contributed by atoms with van der Waals surface area (Å²) in [5.74, 6) is 1.63. The fourth-order valence-electron chi connectivity index (χ4n) is 4.06. The molecule has 1 aliphatic carbocycles. The molecular formula is C17H26N2. The van der Waals surface area contributed by atoms with Gasteiger partial charge in [0.2, 0.25) is 0 Å². The zero-order chi connectivity index (χ0) is 13.5. The molecule has 1 heterocycles. The lowest BCUT2D eigenvalue weighted by Gasteiger charge is -2.49. The van der Waals surface area contributed by atoms with Gasteiger partial charge in [-0.15, -0.1) is 0 Å². The van der Waals surface area contributed by atoms with Gasteiger partial charge in [-0.25, -0.2) is 0 Å². The van der Waals surface area contributed by atoms with Crippen LogP contribution in [0.2, 0.25) is 0 Å². The topological polar surface area (TPSA) is 29.3 Å². The van der Waals surface area contributed by atoms with Gasteiger partial charge < -0.3 is 10.6 Å². The molecule has 1 aliphatic heterocycles. The molecule has 2 heteroatoms. The van der Waals surface area contributed by atoms with Gasteiger partial charge in [-0.05, 0) is 49.1 Å². The molecule has 0 radical (unpaired) electrons. The molecule has 0 bridgehead atoms. The van der Waals surface area contributed by atoms with E-state index in [-0.39, 0.29) is 5.54 Å². The van der Waals surface area contributed by atoms with E-state index in [4.69, 9.17) is 5.73 Å². The highest BCUT2D eigenvalue weighted by molar-refractivity contribution is 5.60. The molecule has 2 N–H and O–H groups in total. The zero-order valence-corrected chi connectivity index (χ0v) is 12.2. The van der Waals surface area contributed by atoms with Crippen molar-refractivity contribution in [2.45, 2.75) is 45.1 Å². The molecule has 1 aromatic carbocycles. The van der Waals surface area contributed by atoms with E-state index in [2.05, 4.69) is 43.0 Å². The molecule has 0 amide bonds. The van der Waals surface area contributed by atoms with Crippen LogP contribution in [0.15, 0.2) is 24.3 Å². The van der Waals surface area contributed by atoms with Gasteiger partial charge in [0.15, 0.2) is 0 Å². The van der Waals surface area contributed by atoms with Crippen LogP contribution in [-0.2, 0) is 6.42 Å². The Kier molecular flexibility index (Phi) is 3.30. The van der Waals surface area contributed by atoms with E-state index in [1.807, 2.05) is 0 Å². The maximum atomic E-state index is 6.24. The van der Waals surface area contributed by atoms with Crippen molar-refractivity contribution >= 4 is 5.69 Å². The predicted molar refractivity (Wildman–Crippen MR) is 81.5 cm³/mol. The van der Waals surface area contributed by atoms with E-state index < -0.39 is 0 Å². The Morgan fingerprint density at radius 3 is 2.79 bits per heavy atom. The standard InChI is InChI=1S/C17H26N2/c1-13-7-9-17(12-18,11-14(13)2)19-10-8-15-5-3-4-6-16(15)19/h3-6,13-14H,7-12,18H2,1-2H3. The van der Waals surface area contributed by atoms with Gasteiger partial charge >= 0.3 is 0 Å². The third-order valence-corrected chi connectivity index (χ3v) is 5.58. The van der Waals surface area contributed by atoms with E-state index in [9.17, 15) is 0 Å². The monoisotopic (exact) mass is 258 g/mol. The first-order valence-corrected chi connectivity index (χ1v) is 7.72. The summed E-state index contributed by atoms with van der Waals surface area (Å²) in [6, 6.07) is 8.87. The minimum Gasteiger partial charge on any atom is -0.364 e. The predicted octanol–water partition coefficient (Wildman–Crippen LogP) is 3.20. The van der Waals surface area contributed by atoms with E-state index in [1.165, 1.54) is 36.9 Å². The SMILES string of the molecule is CC1CCC(CN)(N2CCc3ccccc32)CC1C. The van der Waals surface area contributed by atoms with Crippen LogP contribution in [0.25, 0.3) is 0 Å². The number of hydrogen-bond acceptors (Lipinski definition) is 2. The van der Waals surface area contributed by atoms with Crippen molar-refractivity contribution in [2.75, 3.05) is 18.0 Å². The second kappa shape index (κ2) is 4.82. The van der Waals surface area contributed by atoms with E-state index >= 15 is 0 Å². The first-order chi connectivity index (χ1) is 9.16. The Morgan fingerprint density at radius 1 is 1.26 bits per heavy atom. The van der Waals surface area contributed by atoms with Gasteiger partial charge in [0.05, 0.1) is 5.54 Å².